The van der Waals surface area contributed by atoms with Crippen molar-refractivity contribution in [2.75, 3.05) is 0 Å². The summed E-state index contributed by atoms with van der Waals surface area (Å²) in [5, 5.41) is 5.72. The molecule has 4 saturated carbocycles. The Balaban J connectivity index is 1.27. The molecule has 0 amide bonds. The molecule has 0 spiro atoms. The van der Waals surface area contributed by atoms with Gasteiger partial charge in [0.15, 0.2) is 0 Å². The van der Waals surface area contributed by atoms with Crippen molar-refractivity contribution in [2.24, 2.45) is 0 Å². The maximum atomic E-state index is 14.5. The van der Waals surface area contributed by atoms with Crippen molar-refractivity contribution in [1.29, 1.82) is 0 Å². The molecule has 0 heterocycles. The number of hydrogen-bond donors (Lipinski definition) is 0. The van der Waals surface area contributed by atoms with Gasteiger partial charge in [0.2, 0.25) is 0 Å². The van der Waals surface area contributed by atoms with Crippen LogP contribution in [0.1, 0.15) is 185 Å². The standard InChI is InChI=1S/C68H66F6/c69-67(70,71)55-35-29-51(30-36-55)63-60-42-54(46-19-11-4-12-20-46)34-40-58(60)62(50-27-23-48(24-28-50)44-15-7-2-8-16-44)66-64(52-31-37-56(38-32-52)68(72,73)74)59-41-53(45-17-9-3-10-18-45)33-39-57(59)61(65(63)66)49-25-21-47(22-26-49)43-13-5-1-6-14-43/h21-46H,1-20H2. The van der Waals surface area contributed by atoms with Gasteiger partial charge in [0.25, 0.3) is 0 Å². The first-order valence-corrected chi connectivity index (χ1v) is 28.1. The van der Waals surface area contributed by atoms with E-state index in [9.17, 15) is 26.3 Å². The van der Waals surface area contributed by atoms with Crippen LogP contribution in [0.4, 0.5) is 26.3 Å². The van der Waals surface area contributed by atoms with Crippen molar-refractivity contribution >= 4 is 32.3 Å². The lowest BCUT2D eigenvalue weighted by molar-refractivity contribution is -0.138. The fourth-order valence-electron chi connectivity index (χ4n) is 14.2. The normalized spacial score (nSPS) is 18.2. The zero-order valence-electron chi connectivity index (χ0n) is 42.4. The second-order valence-corrected chi connectivity index (χ2v) is 22.6. The monoisotopic (exact) mass is 997 g/mol. The maximum absolute atomic E-state index is 14.5. The van der Waals surface area contributed by atoms with Crippen LogP contribution in [-0.2, 0) is 12.4 Å². The molecule has 0 unspecified atom stereocenters. The highest BCUT2D eigenvalue weighted by Crippen LogP contribution is 2.55. The third-order valence-electron chi connectivity index (χ3n) is 18.1. The van der Waals surface area contributed by atoms with Gasteiger partial charge in [0.1, 0.15) is 0 Å². The van der Waals surface area contributed by atoms with Gasteiger partial charge in [-0.15, -0.1) is 0 Å². The van der Waals surface area contributed by atoms with Crippen LogP contribution in [0.2, 0.25) is 0 Å². The zero-order chi connectivity index (χ0) is 50.6. The van der Waals surface area contributed by atoms with Gasteiger partial charge in [-0.05, 0) is 198 Å². The Kier molecular flexibility index (Phi) is 13.5. The molecule has 380 valence electrons. The summed E-state index contributed by atoms with van der Waals surface area (Å²) >= 11 is 0. The first-order chi connectivity index (χ1) is 36.0. The highest BCUT2D eigenvalue weighted by molar-refractivity contribution is 6.34. The van der Waals surface area contributed by atoms with E-state index in [1.165, 1.54) is 97.9 Å². The van der Waals surface area contributed by atoms with E-state index < -0.39 is 23.5 Å². The van der Waals surface area contributed by atoms with E-state index in [2.05, 4.69) is 84.9 Å². The molecule has 0 saturated heterocycles. The molecule has 4 aliphatic rings. The van der Waals surface area contributed by atoms with Crippen LogP contribution >= 0.6 is 0 Å². The molecular weight excluding hydrogens is 931 g/mol. The van der Waals surface area contributed by atoms with Gasteiger partial charge in [-0.25, -0.2) is 0 Å². The van der Waals surface area contributed by atoms with Crippen LogP contribution in [0, 0.1) is 0 Å². The van der Waals surface area contributed by atoms with Crippen molar-refractivity contribution in [1.82, 2.24) is 0 Å². The van der Waals surface area contributed by atoms with Crippen molar-refractivity contribution in [3.8, 4) is 44.5 Å². The number of hydrogen-bond acceptors (Lipinski definition) is 0. The smallest absolute Gasteiger partial charge is 0.166 e. The van der Waals surface area contributed by atoms with Gasteiger partial charge in [-0.3, -0.25) is 0 Å². The second kappa shape index (κ2) is 20.3. The number of benzene rings is 8. The Morgan fingerprint density at radius 1 is 0.257 bits per heavy atom. The average molecular weight is 997 g/mol. The number of alkyl halides is 6. The van der Waals surface area contributed by atoms with Crippen LogP contribution < -0.4 is 0 Å². The number of rotatable bonds is 8. The molecule has 0 N–H and O–H groups in total. The van der Waals surface area contributed by atoms with Gasteiger partial charge >= 0.3 is 12.4 Å². The van der Waals surface area contributed by atoms with Crippen LogP contribution in [0.25, 0.3) is 76.8 Å². The molecule has 0 nitrogen and oxygen atoms in total. The molecule has 4 fully saturated rings. The summed E-state index contributed by atoms with van der Waals surface area (Å²) in [5.74, 6) is 1.68. The topological polar surface area (TPSA) is 0 Å². The number of fused-ring (bicyclic) bond motifs is 3. The summed E-state index contributed by atoms with van der Waals surface area (Å²) in [6.45, 7) is 0. The van der Waals surface area contributed by atoms with Crippen LogP contribution in [-0.4, -0.2) is 0 Å². The third kappa shape index (κ3) is 9.46. The van der Waals surface area contributed by atoms with Crippen molar-refractivity contribution in [3.63, 3.8) is 0 Å². The Bertz CT molecular complexity index is 3060. The van der Waals surface area contributed by atoms with Gasteiger partial charge in [0.05, 0.1) is 11.1 Å². The van der Waals surface area contributed by atoms with E-state index in [0.717, 1.165) is 143 Å². The lowest BCUT2D eigenvalue weighted by Gasteiger charge is -2.28. The first-order valence-electron chi connectivity index (χ1n) is 28.1. The molecule has 0 atom stereocenters. The van der Waals surface area contributed by atoms with E-state index in [4.69, 9.17) is 0 Å². The molecular formula is C68H66F6. The highest BCUT2D eigenvalue weighted by Gasteiger charge is 2.34. The summed E-state index contributed by atoms with van der Waals surface area (Å²) in [4.78, 5) is 0. The zero-order valence-corrected chi connectivity index (χ0v) is 42.4. The van der Waals surface area contributed by atoms with E-state index in [-0.39, 0.29) is 0 Å². The Morgan fingerprint density at radius 3 is 0.784 bits per heavy atom. The van der Waals surface area contributed by atoms with Gasteiger partial charge < -0.3 is 0 Å². The molecule has 6 heteroatoms. The summed E-state index contributed by atoms with van der Waals surface area (Å²) in [5.41, 5.74) is 10.8. The summed E-state index contributed by atoms with van der Waals surface area (Å²) in [7, 11) is 0. The largest absolute Gasteiger partial charge is 0.416 e. The average Bonchev–Trinajstić information content (AvgIpc) is 3.46. The third-order valence-corrected chi connectivity index (χ3v) is 18.1. The first kappa shape index (κ1) is 49.0. The summed E-state index contributed by atoms with van der Waals surface area (Å²) in [6, 6.07) is 43.5. The lowest BCUT2D eigenvalue weighted by atomic mass is 9.75. The van der Waals surface area contributed by atoms with Gasteiger partial charge in [-0.1, -0.05) is 186 Å². The molecule has 0 radical (unpaired) electrons. The van der Waals surface area contributed by atoms with Gasteiger partial charge in [-0.2, -0.15) is 26.3 Å². The highest BCUT2D eigenvalue weighted by atomic mass is 19.4. The summed E-state index contributed by atoms with van der Waals surface area (Å²) < 4.78 is 87.2. The Morgan fingerprint density at radius 2 is 0.500 bits per heavy atom. The van der Waals surface area contributed by atoms with Crippen molar-refractivity contribution < 1.29 is 26.3 Å². The van der Waals surface area contributed by atoms with Crippen LogP contribution in [0.15, 0.2) is 133 Å². The molecule has 12 rings (SSSR count). The van der Waals surface area contributed by atoms with Gasteiger partial charge in [0, 0.05) is 0 Å². The molecule has 0 aliphatic heterocycles. The molecule has 0 bridgehead atoms. The van der Waals surface area contributed by atoms with E-state index in [1.807, 2.05) is 0 Å². The fourth-order valence-corrected chi connectivity index (χ4v) is 14.2. The summed E-state index contributed by atoms with van der Waals surface area (Å²) in [6.07, 6.45) is 14.3. The predicted octanol–water partition coefficient (Wildman–Crippen LogP) is 22.0. The minimum absolute atomic E-state index is 0.354. The fraction of sp³-hybridized carbons (Fsp3) is 0.382. The van der Waals surface area contributed by atoms with Crippen molar-refractivity contribution in [2.45, 2.75) is 164 Å². The molecule has 4 aliphatic carbocycles. The van der Waals surface area contributed by atoms with E-state index >= 15 is 0 Å². The predicted molar refractivity (Wildman–Crippen MR) is 294 cm³/mol. The minimum Gasteiger partial charge on any atom is -0.166 e. The van der Waals surface area contributed by atoms with E-state index in [1.54, 1.807) is 24.3 Å². The Hall–Kier alpha value is -5.88. The maximum Gasteiger partial charge on any atom is 0.416 e. The SMILES string of the molecule is FC(F)(F)c1ccc(-c2c3cc(C4CCCCC4)ccc3c(-c3ccc(C4CCCCC4)cc3)c3c(-c4ccc(C(F)(F)F)cc4)c4cc(C5CCCCC5)ccc4c(-c4ccc(C5CCCCC5)cc4)c23)cc1. The van der Waals surface area contributed by atoms with Crippen LogP contribution in [0.3, 0.4) is 0 Å². The molecule has 0 aromatic heterocycles. The van der Waals surface area contributed by atoms with Crippen molar-refractivity contribution in [3.05, 3.63) is 167 Å². The molecule has 8 aromatic rings. The quantitative estimate of drug-likeness (QED) is 0.105. The van der Waals surface area contributed by atoms with E-state index in [0.29, 0.717) is 34.8 Å². The Labute approximate surface area is 432 Å². The molecule has 74 heavy (non-hydrogen) atoms. The number of halogens is 6. The minimum atomic E-state index is -4.53. The second-order valence-electron chi connectivity index (χ2n) is 22.6. The lowest BCUT2D eigenvalue weighted by Crippen LogP contribution is -2.06. The molecule has 8 aromatic carbocycles. The van der Waals surface area contributed by atoms with Crippen LogP contribution in [0.5, 0.6) is 0 Å².